The Hall–Kier alpha value is -3.97. The summed E-state index contributed by atoms with van der Waals surface area (Å²) in [6.07, 6.45) is -4.68. The van der Waals surface area contributed by atoms with Crippen molar-refractivity contribution >= 4 is 0 Å². The van der Waals surface area contributed by atoms with Gasteiger partial charge in [-0.3, -0.25) is 0 Å². The molecule has 0 bridgehead atoms. The molecule has 0 amide bonds. The molecular formula is C21H11F3N2O2. The Morgan fingerprint density at radius 3 is 2.07 bits per heavy atom. The molecule has 0 spiro atoms. The number of benzene rings is 3. The zero-order chi connectivity index (χ0) is 20.1. The molecule has 3 aromatic rings. The number of hydrogen-bond acceptors (Lipinski definition) is 4. The first-order valence-corrected chi connectivity index (χ1v) is 7.97. The molecule has 0 aliphatic rings. The highest BCUT2D eigenvalue weighted by atomic mass is 19.4. The van der Waals surface area contributed by atoms with Gasteiger partial charge in [0.2, 0.25) is 0 Å². The minimum absolute atomic E-state index is 0.00796. The molecular weight excluding hydrogens is 369 g/mol. The zero-order valence-corrected chi connectivity index (χ0v) is 14.2. The molecule has 0 saturated carbocycles. The molecule has 0 atom stereocenters. The fourth-order valence-electron chi connectivity index (χ4n) is 2.45. The van der Waals surface area contributed by atoms with Gasteiger partial charge in [0, 0.05) is 0 Å². The van der Waals surface area contributed by atoms with Gasteiger partial charge in [0.1, 0.15) is 46.3 Å². The highest BCUT2D eigenvalue weighted by molar-refractivity contribution is 5.55. The number of alkyl halides is 3. The normalized spacial score (nSPS) is 10.6. The lowest BCUT2D eigenvalue weighted by Gasteiger charge is -2.16. The van der Waals surface area contributed by atoms with Crippen LogP contribution in [0.1, 0.15) is 16.7 Å². The SMILES string of the molecule is N#Cc1cccc(Oc2ccc(Oc3ccccc3)c(C(F)(F)F)c2)c1C#N. The van der Waals surface area contributed by atoms with Gasteiger partial charge >= 0.3 is 6.18 Å². The van der Waals surface area contributed by atoms with E-state index < -0.39 is 11.7 Å². The summed E-state index contributed by atoms with van der Waals surface area (Å²) < 4.78 is 51.3. The summed E-state index contributed by atoms with van der Waals surface area (Å²) >= 11 is 0. The van der Waals surface area contributed by atoms with Gasteiger partial charge in [-0.1, -0.05) is 24.3 Å². The van der Waals surface area contributed by atoms with Crippen molar-refractivity contribution in [3.05, 3.63) is 83.4 Å². The molecule has 0 aliphatic heterocycles. The molecule has 138 valence electrons. The molecule has 0 aromatic heterocycles. The molecule has 4 nitrogen and oxygen atoms in total. The van der Waals surface area contributed by atoms with E-state index in [4.69, 9.17) is 14.7 Å². The summed E-state index contributed by atoms with van der Waals surface area (Å²) in [6, 6.07) is 19.3. The van der Waals surface area contributed by atoms with Crippen LogP contribution in [0.4, 0.5) is 13.2 Å². The van der Waals surface area contributed by atoms with Crippen molar-refractivity contribution in [2.45, 2.75) is 6.18 Å². The van der Waals surface area contributed by atoms with Crippen LogP contribution in [0.5, 0.6) is 23.0 Å². The largest absolute Gasteiger partial charge is 0.457 e. The molecule has 0 N–H and O–H groups in total. The number of para-hydroxylation sites is 1. The lowest BCUT2D eigenvalue weighted by atomic mass is 10.1. The zero-order valence-electron chi connectivity index (χ0n) is 14.2. The van der Waals surface area contributed by atoms with Crippen molar-refractivity contribution in [2.24, 2.45) is 0 Å². The van der Waals surface area contributed by atoms with Crippen LogP contribution in [0.15, 0.2) is 66.7 Å². The molecule has 0 radical (unpaired) electrons. The van der Waals surface area contributed by atoms with Crippen LogP contribution >= 0.6 is 0 Å². The van der Waals surface area contributed by atoms with Crippen LogP contribution in [0.25, 0.3) is 0 Å². The Labute approximate surface area is 158 Å². The Balaban J connectivity index is 1.99. The number of ether oxygens (including phenoxy) is 2. The maximum absolute atomic E-state index is 13.5. The average Bonchev–Trinajstić information content (AvgIpc) is 2.69. The Morgan fingerprint density at radius 1 is 0.714 bits per heavy atom. The van der Waals surface area contributed by atoms with Crippen LogP contribution in [0.3, 0.4) is 0 Å². The average molecular weight is 380 g/mol. The van der Waals surface area contributed by atoms with E-state index in [-0.39, 0.29) is 34.1 Å². The second kappa shape index (κ2) is 7.73. The van der Waals surface area contributed by atoms with E-state index in [1.54, 1.807) is 18.2 Å². The van der Waals surface area contributed by atoms with Gasteiger partial charge in [-0.15, -0.1) is 0 Å². The summed E-state index contributed by atoms with van der Waals surface area (Å²) in [6.45, 7) is 0. The van der Waals surface area contributed by atoms with Crippen molar-refractivity contribution < 1.29 is 22.6 Å². The van der Waals surface area contributed by atoms with Crippen LogP contribution in [0.2, 0.25) is 0 Å². The molecule has 0 unspecified atom stereocenters. The van der Waals surface area contributed by atoms with Gasteiger partial charge in [0.25, 0.3) is 0 Å². The summed E-state index contributed by atoms with van der Waals surface area (Å²) in [4.78, 5) is 0. The van der Waals surface area contributed by atoms with Gasteiger partial charge in [0.15, 0.2) is 0 Å². The molecule has 3 rings (SSSR count). The van der Waals surface area contributed by atoms with Gasteiger partial charge in [-0.2, -0.15) is 23.7 Å². The fraction of sp³-hybridized carbons (Fsp3) is 0.0476. The third kappa shape index (κ3) is 4.05. The third-order valence-corrected chi connectivity index (χ3v) is 3.71. The van der Waals surface area contributed by atoms with Crippen molar-refractivity contribution in [1.82, 2.24) is 0 Å². The number of halogens is 3. The molecule has 0 heterocycles. The first-order valence-electron chi connectivity index (χ1n) is 7.97. The van der Waals surface area contributed by atoms with Crippen LogP contribution < -0.4 is 9.47 Å². The lowest BCUT2D eigenvalue weighted by molar-refractivity contribution is -0.138. The van der Waals surface area contributed by atoms with Gasteiger partial charge in [0.05, 0.1) is 5.56 Å². The first-order chi connectivity index (χ1) is 13.4. The second-order valence-corrected chi connectivity index (χ2v) is 5.58. The topological polar surface area (TPSA) is 66.0 Å². The quantitative estimate of drug-likeness (QED) is 0.554. The second-order valence-electron chi connectivity index (χ2n) is 5.58. The highest BCUT2D eigenvalue weighted by Gasteiger charge is 2.35. The number of rotatable bonds is 4. The summed E-state index contributed by atoms with van der Waals surface area (Å²) in [5, 5.41) is 18.3. The fourth-order valence-corrected chi connectivity index (χ4v) is 2.45. The number of nitrogens with zero attached hydrogens (tertiary/aromatic N) is 2. The van der Waals surface area contributed by atoms with Gasteiger partial charge in [-0.25, -0.2) is 0 Å². The monoisotopic (exact) mass is 380 g/mol. The van der Waals surface area contributed by atoms with E-state index in [9.17, 15) is 18.4 Å². The lowest BCUT2D eigenvalue weighted by Crippen LogP contribution is -2.07. The summed E-state index contributed by atoms with van der Waals surface area (Å²) in [5.74, 6) is -0.266. The van der Waals surface area contributed by atoms with E-state index in [1.165, 1.54) is 36.4 Å². The smallest absolute Gasteiger partial charge is 0.420 e. The first kappa shape index (κ1) is 18.8. The Kier molecular flexibility index (Phi) is 5.19. The van der Waals surface area contributed by atoms with Crippen LogP contribution in [-0.2, 0) is 6.18 Å². The minimum atomic E-state index is -4.68. The molecule has 7 heteroatoms. The van der Waals surface area contributed by atoms with Gasteiger partial charge < -0.3 is 9.47 Å². The molecule has 0 aliphatic carbocycles. The number of nitriles is 2. The van der Waals surface area contributed by atoms with Crippen LogP contribution in [-0.4, -0.2) is 0 Å². The Bertz CT molecular complexity index is 1080. The van der Waals surface area contributed by atoms with E-state index in [2.05, 4.69) is 0 Å². The Morgan fingerprint density at radius 2 is 1.43 bits per heavy atom. The van der Waals surface area contributed by atoms with Crippen molar-refractivity contribution in [3.63, 3.8) is 0 Å². The maximum atomic E-state index is 13.5. The standard InChI is InChI=1S/C21H11F3N2O2/c22-21(23,24)18-11-16(9-10-20(18)27-15-6-2-1-3-7-15)28-19-8-4-5-14(12-25)17(19)13-26/h1-11H. The van der Waals surface area contributed by atoms with Crippen molar-refractivity contribution in [1.29, 1.82) is 10.5 Å². The van der Waals surface area contributed by atoms with Crippen molar-refractivity contribution in [2.75, 3.05) is 0 Å². The molecule has 0 saturated heterocycles. The van der Waals surface area contributed by atoms with Crippen LogP contribution in [0, 0.1) is 22.7 Å². The molecule has 28 heavy (non-hydrogen) atoms. The summed E-state index contributed by atoms with van der Waals surface area (Å²) in [5.41, 5.74) is -1.01. The van der Waals surface area contributed by atoms with E-state index in [0.29, 0.717) is 0 Å². The number of hydrogen-bond donors (Lipinski definition) is 0. The minimum Gasteiger partial charge on any atom is -0.457 e. The van der Waals surface area contributed by atoms with E-state index >= 15 is 0 Å². The van der Waals surface area contributed by atoms with Crippen molar-refractivity contribution in [3.8, 4) is 35.1 Å². The summed E-state index contributed by atoms with van der Waals surface area (Å²) in [7, 11) is 0. The predicted octanol–water partition coefficient (Wildman–Crippen LogP) is 6.03. The maximum Gasteiger partial charge on any atom is 0.420 e. The third-order valence-electron chi connectivity index (χ3n) is 3.71. The van der Waals surface area contributed by atoms with E-state index in [1.807, 2.05) is 12.1 Å². The highest BCUT2D eigenvalue weighted by Crippen LogP contribution is 2.41. The van der Waals surface area contributed by atoms with Gasteiger partial charge in [-0.05, 0) is 42.5 Å². The predicted molar refractivity (Wildman–Crippen MR) is 93.9 cm³/mol. The van der Waals surface area contributed by atoms with E-state index in [0.717, 1.165) is 12.1 Å². The molecule has 3 aromatic carbocycles. The molecule has 0 fully saturated rings.